The van der Waals surface area contributed by atoms with Crippen molar-refractivity contribution in [2.24, 2.45) is 11.3 Å². The van der Waals surface area contributed by atoms with Crippen molar-refractivity contribution in [3.05, 3.63) is 29.1 Å². The number of hydrogen-bond acceptors (Lipinski definition) is 2. The van der Waals surface area contributed by atoms with Crippen molar-refractivity contribution >= 4 is 6.29 Å². The summed E-state index contributed by atoms with van der Waals surface area (Å²) in [5.41, 5.74) is 3.50. The molecule has 1 aliphatic rings. The van der Waals surface area contributed by atoms with Crippen molar-refractivity contribution in [2.45, 2.75) is 40.0 Å². The molecular weight excluding hydrogens is 198 g/mol. The summed E-state index contributed by atoms with van der Waals surface area (Å²) in [7, 11) is 0. The van der Waals surface area contributed by atoms with E-state index in [-0.39, 0.29) is 0 Å². The van der Waals surface area contributed by atoms with Crippen LogP contribution in [0.15, 0.2) is 12.3 Å². The number of rotatable bonds is 1. The van der Waals surface area contributed by atoms with Gasteiger partial charge in [-0.3, -0.25) is 9.78 Å². The zero-order chi connectivity index (χ0) is 11.8. The van der Waals surface area contributed by atoms with Crippen LogP contribution in [0, 0.1) is 11.3 Å². The van der Waals surface area contributed by atoms with Gasteiger partial charge in [0.05, 0.1) is 0 Å². The zero-order valence-corrected chi connectivity index (χ0v) is 10.3. The Morgan fingerprint density at radius 1 is 1.44 bits per heavy atom. The SMILES string of the molecule is CC(C)(C)C1CCc2ncc(C=O)cc2C1. The number of aryl methyl sites for hydroxylation is 1. The average Bonchev–Trinajstić information content (AvgIpc) is 2.26. The molecule has 1 aromatic rings. The number of nitrogens with zero attached hydrogens (tertiary/aromatic N) is 1. The van der Waals surface area contributed by atoms with Crippen molar-refractivity contribution < 1.29 is 4.79 Å². The van der Waals surface area contributed by atoms with Crippen LogP contribution in [0.3, 0.4) is 0 Å². The minimum Gasteiger partial charge on any atom is -0.298 e. The largest absolute Gasteiger partial charge is 0.298 e. The van der Waals surface area contributed by atoms with Crippen LogP contribution in [0.5, 0.6) is 0 Å². The molecule has 1 aliphatic carbocycles. The molecule has 0 bridgehead atoms. The van der Waals surface area contributed by atoms with Crippen molar-refractivity contribution in [3.8, 4) is 0 Å². The fraction of sp³-hybridized carbons (Fsp3) is 0.571. The van der Waals surface area contributed by atoms with E-state index in [1.54, 1.807) is 6.20 Å². The molecule has 0 fully saturated rings. The molecule has 0 aromatic carbocycles. The minimum atomic E-state index is 0.342. The van der Waals surface area contributed by atoms with Crippen LogP contribution in [0.4, 0.5) is 0 Å². The van der Waals surface area contributed by atoms with E-state index in [1.165, 1.54) is 17.7 Å². The van der Waals surface area contributed by atoms with Crippen molar-refractivity contribution in [2.75, 3.05) is 0 Å². The molecule has 0 saturated heterocycles. The first kappa shape index (κ1) is 11.3. The van der Waals surface area contributed by atoms with Gasteiger partial charge < -0.3 is 0 Å². The molecule has 0 N–H and O–H groups in total. The Labute approximate surface area is 97.1 Å². The molecule has 0 saturated carbocycles. The van der Waals surface area contributed by atoms with Crippen LogP contribution in [0.25, 0.3) is 0 Å². The molecule has 16 heavy (non-hydrogen) atoms. The molecule has 0 spiro atoms. The van der Waals surface area contributed by atoms with Crippen LogP contribution in [-0.4, -0.2) is 11.3 Å². The number of aromatic nitrogens is 1. The summed E-state index contributed by atoms with van der Waals surface area (Å²) >= 11 is 0. The number of carbonyl (C=O) groups excluding carboxylic acids is 1. The van der Waals surface area contributed by atoms with Crippen LogP contribution in [0.2, 0.25) is 0 Å². The summed E-state index contributed by atoms with van der Waals surface area (Å²) in [6, 6.07) is 2.01. The monoisotopic (exact) mass is 217 g/mol. The Hall–Kier alpha value is -1.18. The van der Waals surface area contributed by atoms with Gasteiger partial charge >= 0.3 is 0 Å². The maximum absolute atomic E-state index is 10.7. The van der Waals surface area contributed by atoms with E-state index in [0.717, 1.165) is 19.1 Å². The van der Waals surface area contributed by atoms with Gasteiger partial charge in [0.2, 0.25) is 0 Å². The summed E-state index contributed by atoms with van der Waals surface area (Å²) in [5, 5.41) is 0. The van der Waals surface area contributed by atoms with E-state index in [0.29, 0.717) is 16.9 Å². The van der Waals surface area contributed by atoms with Crippen LogP contribution < -0.4 is 0 Å². The van der Waals surface area contributed by atoms with Crippen molar-refractivity contribution in [1.29, 1.82) is 0 Å². The Kier molecular flexibility index (Phi) is 2.83. The summed E-state index contributed by atoms with van der Waals surface area (Å²) in [5.74, 6) is 0.698. The quantitative estimate of drug-likeness (QED) is 0.677. The zero-order valence-electron chi connectivity index (χ0n) is 10.3. The lowest BCUT2D eigenvalue weighted by Crippen LogP contribution is -2.27. The average molecular weight is 217 g/mol. The normalized spacial score (nSPS) is 20.3. The molecule has 2 nitrogen and oxygen atoms in total. The highest BCUT2D eigenvalue weighted by atomic mass is 16.1. The third-order valence-electron chi connectivity index (χ3n) is 3.64. The number of fused-ring (bicyclic) bond motifs is 1. The third kappa shape index (κ3) is 2.16. The van der Waals surface area contributed by atoms with Gasteiger partial charge in [-0.1, -0.05) is 20.8 Å². The second kappa shape index (κ2) is 4.00. The molecule has 86 valence electrons. The van der Waals surface area contributed by atoms with E-state index in [1.807, 2.05) is 6.07 Å². The molecular formula is C14H19NO. The van der Waals surface area contributed by atoms with E-state index >= 15 is 0 Å². The predicted molar refractivity (Wildman–Crippen MR) is 64.6 cm³/mol. The lowest BCUT2D eigenvalue weighted by Gasteiger charge is -2.34. The van der Waals surface area contributed by atoms with Crippen LogP contribution in [-0.2, 0) is 12.8 Å². The summed E-state index contributed by atoms with van der Waals surface area (Å²) in [6.45, 7) is 6.87. The van der Waals surface area contributed by atoms with Gasteiger partial charge in [0.15, 0.2) is 6.29 Å². The Morgan fingerprint density at radius 3 is 2.81 bits per heavy atom. The smallest absolute Gasteiger partial charge is 0.151 e. The van der Waals surface area contributed by atoms with Gasteiger partial charge in [0, 0.05) is 17.5 Å². The minimum absolute atomic E-state index is 0.342. The van der Waals surface area contributed by atoms with Gasteiger partial charge in [-0.2, -0.15) is 0 Å². The molecule has 2 heteroatoms. The molecule has 0 amide bonds. The number of aldehydes is 1. The lowest BCUT2D eigenvalue weighted by atomic mass is 9.71. The fourth-order valence-corrected chi connectivity index (χ4v) is 2.44. The summed E-state index contributed by atoms with van der Waals surface area (Å²) in [6.07, 6.45) is 5.89. The molecule has 1 unspecified atom stereocenters. The van der Waals surface area contributed by atoms with Crippen molar-refractivity contribution in [3.63, 3.8) is 0 Å². The summed E-state index contributed by atoms with van der Waals surface area (Å²) in [4.78, 5) is 15.1. The topological polar surface area (TPSA) is 30.0 Å². The van der Waals surface area contributed by atoms with Crippen LogP contribution in [0.1, 0.15) is 48.8 Å². The molecule has 1 aromatic heterocycles. The van der Waals surface area contributed by atoms with Gasteiger partial charge in [-0.15, -0.1) is 0 Å². The molecule has 1 heterocycles. The number of pyridine rings is 1. The Morgan fingerprint density at radius 2 is 2.19 bits per heavy atom. The molecule has 1 atom stereocenters. The van der Waals surface area contributed by atoms with E-state index in [9.17, 15) is 4.79 Å². The highest BCUT2D eigenvalue weighted by Crippen LogP contribution is 2.36. The van der Waals surface area contributed by atoms with Crippen LogP contribution >= 0.6 is 0 Å². The second-order valence-corrected chi connectivity index (χ2v) is 5.80. The maximum Gasteiger partial charge on any atom is 0.151 e. The highest BCUT2D eigenvalue weighted by molar-refractivity contribution is 5.74. The maximum atomic E-state index is 10.7. The lowest BCUT2D eigenvalue weighted by molar-refractivity contribution is 0.112. The van der Waals surface area contributed by atoms with Gasteiger partial charge in [-0.05, 0) is 42.2 Å². The first-order valence-corrected chi connectivity index (χ1v) is 5.93. The first-order chi connectivity index (χ1) is 7.50. The number of carbonyl (C=O) groups is 1. The molecule has 0 radical (unpaired) electrons. The second-order valence-electron chi connectivity index (χ2n) is 5.80. The van der Waals surface area contributed by atoms with Gasteiger partial charge in [0.25, 0.3) is 0 Å². The van der Waals surface area contributed by atoms with Gasteiger partial charge in [0.1, 0.15) is 0 Å². The summed E-state index contributed by atoms with van der Waals surface area (Å²) < 4.78 is 0. The Bertz CT molecular complexity index is 404. The Balaban J connectivity index is 2.28. The van der Waals surface area contributed by atoms with Crippen molar-refractivity contribution in [1.82, 2.24) is 4.98 Å². The third-order valence-corrected chi connectivity index (χ3v) is 3.64. The van der Waals surface area contributed by atoms with E-state index < -0.39 is 0 Å². The van der Waals surface area contributed by atoms with E-state index in [4.69, 9.17) is 0 Å². The first-order valence-electron chi connectivity index (χ1n) is 5.93. The van der Waals surface area contributed by atoms with E-state index in [2.05, 4.69) is 25.8 Å². The number of hydrogen-bond donors (Lipinski definition) is 0. The fourth-order valence-electron chi connectivity index (χ4n) is 2.44. The molecule has 2 rings (SSSR count). The molecule has 0 aliphatic heterocycles. The highest BCUT2D eigenvalue weighted by Gasteiger charge is 2.29. The standard InChI is InChI=1S/C14H19NO/c1-14(2,3)12-4-5-13-11(7-12)6-10(9-16)8-15-13/h6,8-9,12H,4-5,7H2,1-3H3. The predicted octanol–water partition coefficient (Wildman–Crippen LogP) is 3.05. The van der Waals surface area contributed by atoms with Gasteiger partial charge in [-0.25, -0.2) is 0 Å².